The molecule has 0 aliphatic carbocycles. The summed E-state index contributed by atoms with van der Waals surface area (Å²) in [5, 5.41) is 3.39. The van der Waals surface area contributed by atoms with Crippen LogP contribution >= 0.6 is 11.6 Å². The molecule has 0 spiro atoms. The fourth-order valence-electron chi connectivity index (χ4n) is 1.90. The number of halogens is 2. The van der Waals surface area contributed by atoms with Crippen molar-refractivity contribution in [3.63, 3.8) is 0 Å². The average molecular weight is 278 g/mol. The fourth-order valence-corrected chi connectivity index (χ4v) is 3.84. The maximum atomic E-state index is 13.4. The van der Waals surface area contributed by atoms with Gasteiger partial charge >= 0.3 is 0 Å². The molecule has 17 heavy (non-hydrogen) atoms. The lowest BCUT2D eigenvalue weighted by Crippen LogP contribution is -2.29. The van der Waals surface area contributed by atoms with Crippen LogP contribution in [0.4, 0.5) is 4.39 Å². The molecule has 0 amide bonds. The summed E-state index contributed by atoms with van der Waals surface area (Å²) in [7, 11) is -2.91. The Bertz CT molecular complexity index is 498. The van der Waals surface area contributed by atoms with Crippen LogP contribution in [-0.2, 0) is 16.4 Å². The first kappa shape index (κ1) is 12.8. The second-order valence-corrected chi connectivity index (χ2v) is 6.82. The van der Waals surface area contributed by atoms with Gasteiger partial charge in [0.2, 0.25) is 0 Å². The number of hydrogen-bond donors (Lipinski definition) is 1. The van der Waals surface area contributed by atoms with Crippen LogP contribution in [0, 0.1) is 5.82 Å². The van der Waals surface area contributed by atoms with Crippen molar-refractivity contribution in [1.29, 1.82) is 0 Å². The van der Waals surface area contributed by atoms with Gasteiger partial charge in [0.05, 0.1) is 11.5 Å². The minimum atomic E-state index is -2.91. The van der Waals surface area contributed by atoms with Crippen LogP contribution in [0.2, 0.25) is 5.02 Å². The van der Waals surface area contributed by atoms with Crippen LogP contribution in [0.3, 0.4) is 0 Å². The van der Waals surface area contributed by atoms with Crippen molar-refractivity contribution in [2.75, 3.05) is 11.5 Å². The molecule has 0 radical (unpaired) electrons. The average Bonchev–Trinajstić information content (AvgIpc) is 2.57. The van der Waals surface area contributed by atoms with Crippen molar-refractivity contribution >= 4 is 21.4 Å². The van der Waals surface area contributed by atoms with Crippen molar-refractivity contribution in [3.8, 4) is 0 Å². The van der Waals surface area contributed by atoms with Gasteiger partial charge in [0.1, 0.15) is 5.82 Å². The zero-order chi connectivity index (χ0) is 12.5. The summed E-state index contributed by atoms with van der Waals surface area (Å²) in [6.45, 7) is 0.256. The van der Waals surface area contributed by atoms with Gasteiger partial charge in [-0.1, -0.05) is 17.7 Å². The molecule has 1 aliphatic rings. The van der Waals surface area contributed by atoms with Crippen LogP contribution in [0.25, 0.3) is 0 Å². The second-order valence-electron chi connectivity index (χ2n) is 4.18. The Kier molecular flexibility index (Phi) is 3.70. The van der Waals surface area contributed by atoms with Crippen LogP contribution in [0.15, 0.2) is 18.2 Å². The Hall–Kier alpha value is -0.650. The second kappa shape index (κ2) is 4.92. The number of rotatable bonds is 3. The van der Waals surface area contributed by atoms with E-state index in [0.717, 1.165) is 0 Å². The molecular weight excluding hydrogens is 265 g/mol. The molecule has 0 bridgehead atoms. The van der Waals surface area contributed by atoms with E-state index in [1.54, 1.807) is 12.1 Å². The Morgan fingerprint density at radius 3 is 2.82 bits per heavy atom. The maximum absolute atomic E-state index is 13.4. The highest BCUT2D eigenvalue weighted by molar-refractivity contribution is 7.91. The molecule has 94 valence electrons. The first-order chi connectivity index (χ1) is 7.98. The molecule has 1 unspecified atom stereocenters. The summed E-state index contributed by atoms with van der Waals surface area (Å²) < 4.78 is 35.9. The molecule has 6 heteroatoms. The first-order valence-corrected chi connectivity index (χ1v) is 7.54. The summed E-state index contributed by atoms with van der Waals surface area (Å²) in [4.78, 5) is 0. The molecule has 1 heterocycles. The summed E-state index contributed by atoms with van der Waals surface area (Å²) in [5.74, 6) is -0.0415. The van der Waals surface area contributed by atoms with Crippen molar-refractivity contribution in [2.24, 2.45) is 0 Å². The quantitative estimate of drug-likeness (QED) is 0.916. The molecule has 1 fully saturated rings. The van der Waals surface area contributed by atoms with Crippen LogP contribution in [0.5, 0.6) is 0 Å². The maximum Gasteiger partial charge on any atom is 0.151 e. The van der Waals surface area contributed by atoms with Gasteiger partial charge in [0.25, 0.3) is 0 Å². The van der Waals surface area contributed by atoms with E-state index in [9.17, 15) is 12.8 Å². The molecule has 2 rings (SSSR count). The molecular formula is C11H13ClFNO2S. The van der Waals surface area contributed by atoms with Crippen molar-refractivity contribution in [1.82, 2.24) is 5.32 Å². The highest BCUT2D eigenvalue weighted by Gasteiger charge is 2.27. The van der Waals surface area contributed by atoms with E-state index in [0.29, 0.717) is 17.0 Å². The topological polar surface area (TPSA) is 46.2 Å². The lowest BCUT2D eigenvalue weighted by Gasteiger charge is -2.12. The minimum Gasteiger partial charge on any atom is -0.309 e. The van der Waals surface area contributed by atoms with Gasteiger partial charge in [0.15, 0.2) is 9.84 Å². The summed E-state index contributed by atoms with van der Waals surface area (Å²) in [6, 6.07) is 4.40. The number of sulfone groups is 1. The molecule has 0 aromatic heterocycles. The fraction of sp³-hybridized carbons (Fsp3) is 0.455. The third kappa shape index (κ3) is 3.18. The Morgan fingerprint density at radius 2 is 2.24 bits per heavy atom. The molecule has 1 aromatic carbocycles. The highest BCUT2D eigenvalue weighted by Crippen LogP contribution is 2.19. The van der Waals surface area contributed by atoms with E-state index < -0.39 is 9.84 Å². The zero-order valence-electron chi connectivity index (χ0n) is 9.12. The van der Waals surface area contributed by atoms with E-state index in [-0.39, 0.29) is 29.9 Å². The molecule has 1 N–H and O–H groups in total. The van der Waals surface area contributed by atoms with Gasteiger partial charge in [-0.2, -0.15) is 0 Å². The predicted molar refractivity (Wildman–Crippen MR) is 65.3 cm³/mol. The largest absolute Gasteiger partial charge is 0.309 e. The van der Waals surface area contributed by atoms with Crippen molar-refractivity contribution in [2.45, 2.75) is 19.0 Å². The van der Waals surface area contributed by atoms with E-state index >= 15 is 0 Å². The summed E-state index contributed by atoms with van der Waals surface area (Å²) in [6.07, 6.45) is 0.578. The highest BCUT2D eigenvalue weighted by atomic mass is 35.5. The minimum absolute atomic E-state index is 0.101. The van der Waals surface area contributed by atoms with Gasteiger partial charge in [-0.25, -0.2) is 12.8 Å². The van der Waals surface area contributed by atoms with Gasteiger partial charge < -0.3 is 5.32 Å². The summed E-state index contributed by atoms with van der Waals surface area (Å²) >= 11 is 5.87. The number of benzene rings is 1. The third-order valence-electron chi connectivity index (χ3n) is 2.86. The van der Waals surface area contributed by atoms with E-state index in [1.165, 1.54) is 6.07 Å². The van der Waals surface area contributed by atoms with Gasteiger partial charge in [-0.15, -0.1) is 0 Å². The van der Waals surface area contributed by atoms with Crippen molar-refractivity contribution in [3.05, 3.63) is 34.6 Å². The first-order valence-electron chi connectivity index (χ1n) is 5.34. The number of nitrogens with one attached hydrogen (secondary N) is 1. The lowest BCUT2D eigenvalue weighted by atomic mass is 10.2. The molecule has 1 atom stereocenters. The van der Waals surface area contributed by atoms with Crippen LogP contribution < -0.4 is 5.32 Å². The summed E-state index contributed by atoms with van der Waals surface area (Å²) in [5.41, 5.74) is 0.387. The molecule has 3 nitrogen and oxygen atoms in total. The predicted octanol–water partition coefficient (Wildman–Crippen LogP) is 1.76. The van der Waals surface area contributed by atoms with Crippen molar-refractivity contribution < 1.29 is 12.8 Å². The van der Waals surface area contributed by atoms with Crippen LogP contribution in [0.1, 0.15) is 12.0 Å². The molecule has 0 saturated carbocycles. The Balaban J connectivity index is 1.99. The molecule has 1 aromatic rings. The molecule has 1 saturated heterocycles. The van der Waals surface area contributed by atoms with E-state index in [1.807, 2.05) is 0 Å². The van der Waals surface area contributed by atoms with Gasteiger partial charge in [-0.3, -0.25) is 0 Å². The van der Waals surface area contributed by atoms with Crippen LogP contribution in [-0.4, -0.2) is 26.0 Å². The molecule has 1 aliphatic heterocycles. The lowest BCUT2D eigenvalue weighted by molar-refractivity contribution is 0.532. The smallest absolute Gasteiger partial charge is 0.151 e. The normalized spacial score (nSPS) is 22.8. The van der Waals surface area contributed by atoms with E-state index in [2.05, 4.69) is 5.32 Å². The Labute approximate surface area is 105 Å². The monoisotopic (exact) mass is 277 g/mol. The third-order valence-corrected chi connectivity index (χ3v) is 4.98. The Morgan fingerprint density at radius 1 is 1.47 bits per heavy atom. The standard InChI is InChI=1S/C11H13ClFNO2S/c12-10-2-1-3-11(13)9(10)6-14-8-4-5-17(15,16)7-8/h1-3,8,14H,4-7H2. The van der Waals surface area contributed by atoms with Gasteiger partial charge in [-0.05, 0) is 18.6 Å². The zero-order valence-corrected chi connectivity index (χ0v) is 10.7. The van der Waals surface area contributed by atoms with E-state index in [4.69, 9.17) is 11.6 Å². The number of hydrogen-bond acceptors (Lipinski definition) is 3. The SMILES string of the molecule is O=S1(=O)CCC(NCc2c(F)cccc2Cl)C1. The van der Waals surface area contributed by atoms with Gasteiger partial charge in [0, 0.05) is 23.2 Å².